The Hall–Kier alpha value is -0.870. The highest BCUT2D eigenvalue weighted by atomic mass is 79.9. The first-order chi connectivity index (χ1) is 7.24. The molecule has 2 rings (SSSR count). The summed E-state index contributed by atoms with van der Waals surface area (Å²) in [7, 11) is 0. The summed E-state index contributed by atoms with van der Waals surface area (Å²) < 4.78 is 7.34. The van der Waals surface area contributed by atoms with Gasteiger partial charge >= 0.3 is 0 Å². The summed E-state index contributed by atoms with van der Waals surface area (Å²) in [6.45, 7) is 0. The Balaban J connectivity index is 2.18. The molecule has 0 atom stereocenters. The lowest BCUT2D eigenvalue weighted by molar-refractivity contribution is 0.462. The van der Waals surface area contributed by atoms with Crippen molar-refractivity contribution >= 4 is 31.9 Å². The predicted molar refractivity (Wildman–Crippen MR) is 66.2 cm³/mol. The molecular formula is C11H7Br2NO. The molecule has 0 aliphatic heterocycles. The zero-order valence-electron chi connectivity index (χ0n) is 7.65. The minimum Gasteiger partial charge on any atom is -0.439 e. The maximum atomic E-state index is 5.55. The van der Waals surface area contributed by atoms with E-state index in [1.54, 1.807) is 0 Å². The van der Waals surface area contributed by atoms with Crippen molar-refractivity contribution in [3.05, 3.63) is 51.5 Å². The molecular weight excluding hydrogens is 322 g/mol. The van der Waals surface area contributed by atoms with Gasteiger partial charge in [0.1, 0.15) is 10.4 Å². The lowest BCUT2D eigenvalue weighted by atomic mass is 10.3. The van der Waals surface area contributed by atoms with Gasteiger partial charge in [-0.15, -0.1) is 0 Å². The van der Waals surface area contributed by atoms with E-state index in [0.29, 0.717) is 5.88 Å². The third-order valence-electron chi connectivity index (χ3n) is 1.73. The summed E-state index contributed by atoms with van der Waals surface area (Å²) >= 11 is 6.65. The van der Waals surface area contributed by atoms with E-state index in [4.69, 9.17) is 4.74 Å². The molecule has 4 heteroatoms. The first-order valence-electron chi connectivity index (χ1n) is 4.30. The Bertz CT molecular complexity index is 456. The van der Waals surface area contributed by atoms with E-state index in [0.717, 1.165) is 14.8 Å². The van der Waals surface area contributed by atoms with Crippen LogP contribution in [0.2, 0.25) is 0 Å². The predicted octanol–water partition coefficient (Wildman–Crippen LogP) is 4.40. The molecule has 1 aromatic carbocycles. The average molecular weight is 329 g/mol. The number of hydrogen-bond donors (Lipinski definition) is 0. The lowest BCUT2D eigenvalue weighted by Crippen LogP contribution is -1.87. The second-order valence-electron chi connectivity index (χ2n) is 2.85. The SMILES string of the molecule is Brc1ccc(Oc2cccc(Br)n2)cc1. The molecule has 0 saturated carbocycles. The summed E-state index contributed by atoms with van der Waals surface area (Å²) in [5.74, 6) is 1.34. The van der Waals surface area contributed by atoms with Crippen molar-refractivity contribution in [2.75, 3.05) is 0 Å². The third-order valence-corrected chi connectivity index (χ3v) is 2.70. The number of rotatable bonds is 2. The van der Waals surface area contributed by atoms with Crippen molar-refractivity contribution in [2.45, 2.75) is 0 Å². The molecule has 0 aliphatic carbocycles. The molecule has 2 nitrogen and oxygen atoms in total. The molecule has 0 saturated heterocycles. The quantitative estimate of drug-likeness (QED) is 0.762. The van der Waals surface area contributed by atoms with Crippen LogP contribution < -0.4 is 4.74 Å². The fraction of sp³-hybridized carbons (Fsp3) is 0. The summed E-state index contributed by atoms with van der Waals surface area (Å²) in [4.78, 5) is 4.17. The second-order valence-corrected chi connectivity index (χ2v) is 4.58. The molecule has 0 unspecified atom stereocenters. The Morgan fingerprint density at radius 1 is 0.933 bits per heavy atom. The van der Waals surface area contributed by atoms with E-state index in [-0.39, 0.29) is 0 Å². The number of nitrogens with zero attached hydrogens (tertiary/aromatic N) is 1. The van der Waals surface area contributed by atoms with Gasteiger partial charge in [0.15, 0.2) is 0 Å². The minimum atomic E-state index is 0.576. The molecule has 76 valence electrons. The Kier molecular flexibility index (Phi) is 3.38. The van der Waals surface area contributed by atoms with Crippen LogP contribution in [0.1, 0.15) is 0 Å². The zero-order valence-corrected chi connectivity index (χ0v) is 10.8. The number of aromatic nitrogens is 1. The summed E-state index contributed by atoms with van der Waals surface area (Å²) in [6, 6.07) is 13.2. The van der Waals surface area contributed by atoms with Crippen molar-refractivity contribution in [1.29, 1.82) is 0 Å². The monoisotopic (exact) mass is 327 g/mol. The van der Waals surface area contributed by atoms with Crippen molar-refractivity contribution in [2.24, 2.45) is 0 Å². The number of benzene rings is 1. The molecule has 2 aromatic rings. The molecule has 1 heterocycles. The Morgan fingerprint density at radius 3 is 2.33 bits per heavy atom. The van der Waals surface area contributed by atoms with Crippen molar-refractivity contribution in [3.63, 3.8) is 0 Å². The molecule has 0 fully saturated rings. The summed E-state index contributed by atoms with van der Waals surface area (Å²) in [5, 5.41) is 0. The van der Waals surface area contributed by atoms with E-state index in [9.17, 15) is 0 Å². The van der Waals surface area contributed by atoms with Gasteiger partial charge in [0, 0.05) is 10.5 Å². The highest BCUT2D eigenvalue weighted by molar-refractivity contribution is 9.10. The maximum absolute atomic E-state index is 5.55. The van der Waals surface area contributed by atoms with Crippen LogP contribution in [0.25, 0.3) is 0 Å². The van der Waals surface area contributed by atoms with Crippen LogP contribution in [0, 0.1) is 0 Å². The van der Waals surface area contributed by atoms with E-state index < -0.39 is 0 Å². The van der Waals surface area contributed by atoms with Gasteiger partial charge in [-0.05, 0) is 46.3 Å². The lowest BCUT2D eigenvalue weighted by Gasteiger charge is -2.04. The van der Waals surface area contributed by atoms with Gasteiger partial charge in [-0.1, -0.05) is 22.0 Å². The maximum Gasteiger partial charge on any atom is 0.220 e. The van der Waals surface area contributed by atoms with Gasteiger partial charge in [-0.2, -0.15) is 0 Å². The van der Waals surface area contributed by atoms with Gasteiger partial charge in [0.05, 0.1) is 0 Å². The van der Waals surface area contributed by atoms with Gasteiger partial charge in [-0.3, -0.25) is 0 Å². The molecule has 0 radical (unpaired) electrons. The van der Waals surface area contributed by atoms with Crippen LogP contribution in [0.4, 0.5) is 0 Å². The second kappa shape index (κ2) is 4.77. The van der Waals surface area contributed by atoms with Gasteiger partial charge < -0.3 is 4.74 Å². The normalized spacial score (nSPS) is 10.0. The van der Waals surface area contributed by atoms with Crippen molar-refractivity contribution < 1.29 is 4.74 Å². The standard InChI is InChI=1S/C11H7Br2NO/c12-8-4-6-9(7-5-8)15-11-3-1-2-10(13)14-11/h1-7H. The van der Waals surface area contributed by atoms with Gasteiger partial charge in [-0.25, -0.2) is 4.98 Å². The van der Waals surface area contributed by atoms with Crippen LogP contribution in [0.3, 0.4) is 0 Å². The molecule has 0 bridgehead atoms. The van der Waals surface area contributed by atoms with Crippen LogP contribution in [-0.2, 0) is 0 Å². The smallest absolute Gasteiger partial charge is 0.220 e. The third kappa shape index (κ3) is 3.04. The number of ether oxygens (including phenoxy) is 1. The molecule has 0 aliphatic rings. The molecule has 0 spiro atoms. The largest absolute Gasteiger partial charge is 0.439 e. The summed E-state index contributed by atoms with van der Waals surface area (Å²) in [5.41, 5.74) is 0. The van der Waals surface area contributed by atoms with Crippen LogP contribution >= 0.6 is 31.9 Å². The van der Waals surface area contributed by atoms with Gasteiger partial charge in [0.2, 0.25) is 5.88 Å². The highest BCUT2D eigenvalue weighted by Gasteiger charge is 1.98. The zero-order chi connectivity index (χ0) is 10.7. The Morgan fingerprint density at radius 2 is 1.67 bits per heavy atom. The molecule has 0 amide bonds. The first-order valence-corrected chi connectivity index (χ1v) is 5.88. The topological polar surface area (TPSA) is 22.1 Å². The Labute approximate surface area is 105 Å². The van der Waals surface area contributed by atoms with E-state index in [2.05, 4.69) is 36.8 Å². The summed E-state index contributed by atoms with van der Waals surface area (Å²) in [6.07, 6.45) is 0. The number of halogens is 2. The highest BCUT2D eigenvalue weighted by Crippen LogP contribution is 2.22. The van der Waals surface area contributed by atoms with E-state index in [1.165, 1.54) is 0 Å². The average Bonchev–Trinajstić information content (AvgIpc) is 2.22. The fourth-order valence-electron chi connectivity index (χ4n) is 1.07. The van der Waals surface area contributed by atoms with Crippen LogP contribution in [0.15, 0.2) is 51.5 Å². The van der Waals surface area contributed by atoms with Gasteiger partial charge in [0.25, 0.3) is 0 Å². The van der Waals surface area contributed by atoms with E-state index >= 15 is 0 Å². The molecule has 1 aromatic heterocycles. The van der Waals surface area contributed by atoms with Crippen molar-refractivity contribution in [3.8, 4) is 11.6 Å². The van der Waals surface area contributed by atoms with Crippen molar-refractivity contribution in [1.82, 2.24) is 4.98 Å². The van der Waals surface area contributed by atoms with Crippen LogP contribution in [0.5, 0.6) is 11.6 Å². The number of hydrogen-bond acceptors (Lipinski definition) is 2. The van der Waals surface area contributed by atoms with E-state index in [1.807, 2.05) is 42.5 Å². The minimum absolute atomic E-state index is 0.576. The number of pyridine rings is 1. The first kappa shape index (κ1) is 10.6. The van der Waals surface area contributed by atoms with Crippen LogP contribution in [-0.4, -0.2) is 4.98 Å². The molecule has 0 N–H and O–H groups in total. The molecule has 15 heavy (non-hydrogen) atoms. The fourth-order valence-corrected chi connectivity index (χ4v) is 1.66.